The highest BCUT2D eigenvalue weighted by Gasteiger charge is 2.75. The van der Waals surface area contributed by atoms with Gasteiger partial charge in [0.25, 0.3) is 0 Å². The van der Waals surface area contributed by atoms with Gasteiger partial charge in [0.1, 0.15) is 11.6 Å². The molecule has 0 saturated carbocycles. The minimum Gasteiger partial charge on any atom is -0.394 e. The fourth-order valence-corrected chi connectivity index (χ4v) is 6.36. The molecule has 7 atom stereocenters. The van der Waals surface area contributed by atoms with Crippen LogP contribution in [0.1, 0.15) is 48.0 Å². The Labute approximate surface area is 202 Å². The molecule has 4 heterocycles. The Kier molecular flexibility index (Phi) is 6.00. The average molecular weight is 474 g/mol. The lowest BCUT2D eigenvalue weighted by Crippen LogP contribution is -2.62. The zero-order chi connectivity index (χ0) is 25.2. The predicted molar refractivity (Wildman–Crippen MR) is 128 cm³/mol. The molecule has 1 spiro atoms. The number of fused-ring (bicyclic) bond motifs is 2. The molecule has 34 heavy (non-hydrogen) atoms. The van der Waals surface area contributed by atoms with Crippen LogP contribution in [0.15, 0.2) is 24.3 Å². The van der Waals surface area contributed by atoms with Gasteiger partial charge in [-0.25, -0.2) is 0 Å². The zero-order valence-electron chi connectivity index (χ0n) is 21.4. The van der Waals surface area contributed by atoms with Gasteiger partial charge in [-0.05, 0) is 33.6 Å². The number of likely N-dealkylation sites (tertiary alicyclic amines) is 1. The van der Waals surface area contributed by atoms with Gasteiger partial charge >= 0.3 is 0 Å². The van der Waals surface area contributed by atoms with Crippen molar-refractivity contribution in [3.8, 4) is 0 Å². The third-order valence-electron chi connectivity index (χ3n) is 8.35. The second-order valence-corrected chi connectivity index (χ2v) is 11.5. The van der Waals surface area contributed by atoms with Crippen molar-refractivity contribution in [1.82, 2.24) is 14.7 Å². The van der Waals surface area contributed by atoms with Gasteiger partial charge < -0.3 is 24.5 Å². The van der Waals surface area contributed by atoms with Crippen LogP contribution in [0.25, 0.3) is 0 Å². The number of hydrogen-bond acceptors (Lipinski definition) is 5. The molecular formula is C26H39N3O5. The second kappa shape index (κ2) is 8.19. The smallest absolute Gasteiger partial charge is 0.249 e. The maximum absolute atomic E-state index is 14.3. The van der Waals surface area contributed by atoms with Crippen LogP contribution in [0, 0.1) is 17.8 Å². The fourth-order valence-electron chi connectivity index (χ4n) is 6.36. The number of aliphatic hydroxyl groups is 1. The summed E-state index contributed by atoms with van der Waals surface area (Å²) in [6.07, 6.45) is 8.27. The van der Waals surface area contributed by atoms with E-state index in [0.29, 0.717) is 13.1 Å². The molecule has 2 fully saturated rings. The van der Waals surface area contributed by atoms with E-state index in [2.05, 4.69) is 0 Å². The molecule has 1 N–H and O–H groups in total. The first-order valence-electron chi connectivity index (χ1n) is 12.4. The van der Waals surface area contributed by atoms with Gasteiger partial charge in [-0.1, -0.05) is 44.6 Å². The molecule has 0 radical (unpaired) electrons. The van der Waals surface area contributed by atoms with Crippen molar-refractivity contribution in [3.05, 3.63) is 24.3 Å². The quantitative estimate of drug-likeness (QED) is 0.627. The number of aliphatic hydroxyl groups excluding tert-OH is 1. The Morgan fingerprint density at radius 3 is 2.32 bits per heavy atom. The van der Waals surface area contributed by atoms with Crippen molar-refractivity contribution in [1.29, 1.82) is 0 Å². The van der Waals surface area contributed by atoms with Crippen molar-refractivity contribution in [2.45, 2.75) is 76.8 Å². The summed E-state index contributed by atoms with van der Waals surface area (Å²) < 4.78 is 6.77. The standard InChI is InChI=1S/C26H39N3O5/c1-8-16(2)17(15-30)29-20-23(33)28(24(3,4)5)14-10-12-26(20)19(22(29)32)18-21(31)27(7)13-9-11-25(18,6)34-26/h9-12,16-20,30H,8,13-15H2,1-7H3/t16-,17-,18+,19-,20?,25-,26-/m0/s1. The Bertz CT molecular complexity index is 939. The van der Waals surface area contributed by atoms with Crippen molar-refractivity contribution < 1.29 is 24.2 Å². The molecule has 0 aliphatic carbocycles. The van der Waals surface area contributed by atoms with E-state index < -0.39 is 40.7 Å². The first-order valence-corrected chi connectivity index (χ1v) is 12.4. The molecule has 188 valence electrons. The molecule has 0 bridgehead atoms. The highest BCUT2D eigenvalue weighted by atomic mass is 16.5. The molecule has 2 saturated heterocycles. The van der Waals surface area contributed by atoms with Crippen LogP contribution in [-0.2, 0) is 19.1 Å². The molecule has 4 aliphatic heterocycles. The van der Waals surface area contributed by atoms with Crippen LogP contribution in [0.2, 0.25) is 0 Å². The van der Waals surface area contributed by atoms with E-state index in [1.165, 1.54) is 0 Å². The summed E-state index contributed by atoms with van der Waals surface area (Å²) in [5, 5.41) is 10.4. The van der Waals surface area contributed by atoms with Gasteiger partial charge in [0, 0.05) is 25.7 Å². The topological polar surface area (TPSA) is 90.4 Å². The first-order chi connectivity index (χ1) is 15.8. The summed E-state index contributed by atoms with van der Waals surface area (Å²) in [6, 6.07) is -1.50. The number of amides is 3. The normalized spacial score (nSPS) is 37.4. The first kappa shape index (κ1) is 24.9. The maximum Gasteiger partial charge on any atom is 0.249 e. The average Bonchev–Trinajstić information content (AvgIpc) is 3.03. The molecule has 0 aromatic carbocycles. The Hall–Kier alpha value is -2.19. The lowest BCUT2D eigenvalue weighted by atomic mass is 9.74. The van der Waals surface area contributed by atoms with Crippen LogP contribution in [0.4, 0.5) is 0 Å². The summed E-state index contributed by atoms with van der Waals surface area (Å²) in [5.74, 6) is -2.30. The van der Waals surface area contributed by atoms with E-state index >= 15 is 0 Å². The summed E-state index contributed by atoms with van der Waals surface area (Å²) in [5.41, 5.74) is -2.78. The van der Waals surface area contributed by atoms with E-state index in [-0.39, 0.29) is 30.2 Å². The van der Waals surface area contributed by atoms with Crippen molar-refractivity contribution >= 4 is 17.7 Å². The molecule has 3 amide bonds. The summed E-state index contributed by atoms with van der Waals surface area (Å²) in [4.78, 5) is 47.0. The predicted octanol–water partition coefficient (Wildman–Crippen LogP) is 1.59. The molecule has 8 nitrogen and oxygen atoms in total. The SMILES string of the molecule is CC[C@H](C)[C@H](CO)N1C(=O)[C@@H]2[C@@H]3C(=O)N(C)CC=C[C@]3(C)O[C@@]23C=CCN(C(C)(C)C)C(=O)C13. The third-order valence-corrected chi connectivity index (χ3v) is 8.35. The molecule has 0 aromatic rings. The Morgan fingerprint density at radius 1 is 1.09 bits per heavy atom. The van der Waals surface area contributed by atoms with E-state index in [0.717, 1.165) is 6.42 Å². The number of likely N-dealkylation sites (N-methyl/N-ethyl adjacent to an activating group) is 1. The monoisotopic (exact) mass is 473 g/mol. The summed E-state index contributed by atoms with van der Waals surface area (Å²) in [7, 11) is 1.73. The minimum absolute atomic E-state index is 0.0354. The number of carbonyl (C=O) groups excluding carboxylic acids is 3. The van der Waals surface area contributed by atoms with Gasteiger partial charge in [-0.3, -0.25) is 14.4 Å². The van der Waals surface area contributed by atoms with Crippen LogP contribution in [-0.4, -0.2) is 93.1 Å². The van der Waals surface area contributed by atoms with Crippen molar-refractivity contribution in [3.63, 3.8) is 0 Å². The van der Waals surface area contributed by atoms with Crippen molar-refractivity contribution in [2.75, 3.05) is 26.7 Å². The number of rotatable bonds is 4. The number of hydrogen-bond donors (Lipinski definition) is 1. The second-order valence-electron chi connectivity index (χ2n) is 11.5. The lowest BCUT2D eigenvalue weighted by Gasteiger charge is -2.44. The lowest BCUT2D eigenvalue weighted by molar-refractivity contribution is -0.159. The molecule has 4 aliphatic rings. The minimum atomic E-state index is -1.29. The Balaban J connectivity index is 1.94. The summed E-state index contributed by atoms with van der Waals surface area (Å²) >= 11 is 0. The van der Waals surface area contributed by atoms with Crippen LogP contribution in [0.3, 0.4) is 0 Å². The van der Waals surface area contributed by atoms with E-state index in [1.807, 2.05) is 65.8 Å². The number of ether oxygens (including phenoxy) is 1. The van der Waals surface area contributed by atoms with Gasteiger partial charge in [0.2, 0.25) is 17.7 Å². The van der Waals surface area contributed by atoms with Crippen molar-refractivity contribution in [2.24, 2.45) is 17.8 Å². The van der Waals surface area contributed by atoms with E-state index in [9.17, 15) is 19.5 Å². The third kappa shape index (κ3) is 3.36. The number of carbonyl (C=O) groups is 3. The van der Waals surface area contributed by atoms with Gasteiger partial charge in [-0.2, -0.15) is 0 Å². The maximum atomic E-state index is 14.3. The molecule has 8 heteroatoms. The van der Waals surface area contributed by atoms with Crippen LogP contribution >= 0.6 is 0 Å². The van der Waals surface area contributed by atoms with Crippen LogP contribution < -0.4 is 0 Å². The van der Waals surface area contributed by atoms with Gasteiger partial charge in [0.15, 0.2) is 0 Å². The van der Waals surface area contributed by atoms with E-state index in [1.54, 1.807) is 21.7 Å². The highest BCUT2D eigenvalue weighted by molar-refractivity contribution is 6.00. The van der Waals surface area contributed by atoms with Gasteiger partial charge in [-0.15, -0.1) is 0 Å². The summed E-state index contributed by atoms with van der Waals surface area (Å²) in [6.45, 7) is 12.3. The molecule has 1 unspecified atom stereocenters. The van der Waals surface area contributed by atoms with E-state index in [4.69, 9.17) is 4.74 Å². The highest BCUT2D eigenvalue weighted by Crippen LogP contribution is 2.58. The van der Waals surface area contributed by atoms with Gasteiger partial charge in [0.05, 0.1) is 30.1 Å². The van der Waals surface area contributed by atoms with Crippen LogP contribution in [0.5, 0.6) is 0 Å². The molecule has 4 rings (SSSR count). The number of nitrogens with zero attached hydrogens (tertiary/aromatic N) is 3. The fraction of sp³-hybridized carbons (Fsp3) is 0.731. The Morgan fingerprint density at radius 2 is 1.74 bits per heavy atom. The molecule has 0 aromatic heterocycles. The molecular weight excluding hydrogens is 434 g/mol. The largest absolute Gasteiger partial charge is 0.394 e. The zero-order valence-corrected chi connectivity index (χ0v) is 21.4.